The fraction of sp³-hybridized carbons (Fsp3) is 0.600. The van der Waals surface area contributed by atoms with Gasteiger partial charge >= 0.3 is 0 Å². The highest BCUT2D eigenvalue weighted by Crippen LogP contribution is 2.32. The maximum absolute atomic E-state index is 12.1. The molecule has 0 spiro atoms. The number of hydrogen-bond acceptors (Lipinski definition) is 4. The number of hydrogen-bond donors (Lipinski definition) is 1. The van der Waals surface area contributed by atoms with Gasteiger partial charge in [0.15, 0.2) is 9.84 Å². The molecule has 1 N–H and O–H groups in total. The van der Waals surface area contributed by atoms with Crippen molar-refractivity contribution < 1.29 is 13.2 Å². The first kappa shape index (κ1) is 15.5. The second-order valence-electron chi connectivity index (χ2n) is 5.31. The Hall–Kier alpha value is -0.910. The lowest BCUT2D eigenvalue weighted by Gasteiger charge is -2.30. The number of methoxy groups -OCH3 is 1. The molecular formula is C15H23NO3S. The number of rotatable bonds is 6. The summed E-state index contributed by atoms with van der Waals surface area (Å²) in [6, 6.07) is 7.69. The Labute approximate surface area is 121 Å². The normalized spacial score (nSPS) is 22.2. The highest BCUT2D eigenvalue weighted by molar-refractivity contribution is 7.91. The molecule has 4 nitrogen and oxygen atoms in total. The van der Waals surface area contributed by atoms with Gasteiger partial charge < -0.3 is 10.1 Å². The summed E-state index contributed by atoms with van der Waals surface area (Å²) in [6.45, 7) is 2.79. The van der Waals surface area contributed by atoms with E-state index in [0.717, 1.165) is 18.4 Å². The molecule has 1 aromatic rings. The summed E-state index contributed by atoms with van der Waals surface area (Å²) in [6.07, 6.45) is 2.73. The summed E-state index contributed by atoms with van der Waals surface area (Å²) in [5.41, 5.74) is 0.899. The van der Waals surface area contributed by atoms with Crippen molar-refractivity contribution in [2.24, 2.45) is 0 Å². The van der Waals surface area contributed by atoms with E-state index in [9.17, 15) is 8.42 Å². The maximum Gasteiger partial charge on any atom is 0.178 e. The van der Waals surface area contributed by atoms with Gasteiger partial charge in [-0.05, 0) is 24.5 Å². The lowest BCUT2D eigenvalue weighted by Crippen LogP contribution is -2.39. The van der Waals surface area contributed by atoms with Gasteiger partial charge in [-0.15, -0.1) is 0 Å². The van der Waals surface area contributed by atoms with E-state index < -0.39 is 9.84 Å². The zero-order valence-corrected chi connectivity index (χ0v) is 12.9. The molecule has 1 aromatic carbocycles. The summed E-state index contributed by atoms with van der Waals surface area (Å²) in [4.78, 5) is 0.483. The van der Waals surface area contributed by atoms with Gasteiger partial charge in [-0.3, -0.25) is 0 Å². The molecule has 20 heavy (non-hydrogen) atoms. The predicted octanol–water partition coefficient (Wildman–Crippen LogP) is 2.31. The molecule has 5 heteroatoms. The first-order valence-corrected chi connectivity index (χ1v) is 8.80. The number of fused-ring (bicyclic) bond motifs is 1. The standard InChI is InChI=1S/C15H23NO3S/c1-3-6-12(11-19-2)16-14-9-10-20(17,18)15-8-5-4-7-13(14)15/h4-5,7-8,12,14,16H,3,6,9-11H2,1-2H3. The van der Waals surface area contributed by atoms with Crippen LogP contribution in [0.4, 0.5) is 0 Å². The second kappa shape index (κ2) is 6.70. The summed E-state index contributed by atoms with van der Waals surface area (Å²) in [5.74, 6) is 0.216. The Kier molecular flexibility index (Phi) is 5.18. The Bertz CT molecular complexity index is 536. The highest BCUT2D eigenvalue weighted by atomic mass is 32.2. The number of nitrogens with one attached hydrogen (secondary N) is 1. The quantitative estimate of drug-likeness (QED) is 0.875. The Morgan fingerprint density at radius 2 is 2.15 bits per heavy atom. The smallest absolute Gasteiger partial charge is 0.178 e. The fourth-order valence-corrected chi connectivity index (χ4v) is 4.43. The van der Waals surface area contributed by atoms with Crippen LogP contribution in [0.5, 0.6) is 0 Å². The van der Waals surface area contributed by atoms with Crippen molar-refractivity contribution >= 4 is 9.84 Å². The predicted molar refractivity (Wildman–Crippen MR) is 79.6 cm³/mol. The van der Waals surface area contributed by atoms with Crippen LogP contribution in [0.15, 0.2) is 29.2 Å². The molecule has 112 valence electrons. The van der Waals surface area contributed by atoms with E-state index >= 15 is 0 Å². The van der Waals surface area contributed by atoms with Gasteiger partial charge in [0.2, 0.25) is 0 Å². The van der Waals surface area contributed by atoms with Crippen molar-refractivity contribution in [2.45, 2.75) is 43.2 Å². The minimum atomic E-state index is -3.11. The van der Waals surface area contributed by atoms with Gasteiger partial charge in [-0.1, -0.05) is 31.5 Å². The van der Waals surface area contributed by atoms with Crippen LogP contribution < -0.4 is 5.32 Å². The van der Waals surface area contributed by atoms with Crippen LogP contribution in [0.25, 0.3) is 0 Å². The fourth-order valence-electron chi connectivity index (χ4n) is 2.81. The molecule has 0 saturated heterocycles. The van der Waals surface area contributed by atoms with Gasteiger partial charge in [0.25, 0.3) is 0 Å². The molecule has 1 heterocycles. The van der Waals surface area contributed by atoms with Gasteiger partial charge in [-0.25, -0.2) is 8.42 Å². The van der Waals surface area contributed by atoms with Crippen LogP contribution in [0.1, 0.15) is 37.8 Å². The average Bonchev–Trinajstić information content (AvgIpc) is 2.43. The summed E-state index contributed by atoms with van der Waals surface area (Å²) < 4.78 is 29.5. The number of sulfone groups is 1. The molecule has 1 aliphatic heterocycles. The Morgan fingerprint density at radius 3 is 2.85 bits per heavy atom. The van der Waals surface area contributed by atoms with Crippen LogP contribution in [-0.2, 0) is 14.6 Å². The van der Waals surface area contributed by atoms with Crippen LogP contribution in [0, 0.1) is 0 Å². The number of benzene rings is 1. The van der Waals surface area contributed by atoms with Crippen LogP contribution in [-0.4, -0.2) is 33.9 Å². The van der Waals surface area contributed by atoms with Gasteiger partial charge in [-0.2, -0.15) is 0 Å². The van der Waals surface area contributed by atoms with Crippen molar-refractivity contribution in [3.63, 3.8) is 0 Å². The summed E-state index contributed by atoms with van der Waals surface area (Å²) in [5, 5.41) is 3.56. The molecule has 0 amide bonds. The molecule has 2 unspecified atom stereocenters. The van der Waals surface area contributed by atoms with Crippen molar-refractivity contribution in [2.75, 3.05) is 19.5 Å². The van der Waals surface area contributed by atoms with E-state index in [1.807, 2.05) is 12.1 Å². The lowest BCUT2D eigenvalue weighted by atomic mass is 10.0. The third-order valence-corrected chi connectivity index (χ3v) is 5.56. The zero-order chi connectivity index (χ0) is 14.6. The Morgan fingerprint density at radius 1 is 1.40 bits per heavy atom. The Balaban J connectivity index is 2.22. The molecule has 2 atom stereocenters. The van der Waals surface area contributed by atoms with Crippen LogP contribution in [0.3, 0.4) is 0 Å². The molecule has 0 aliphatic carbocycles. The van der Waals surface area contributed by atoms with E-state index in [4.69, 9.17) is 4.74 Å². The van der Waals surface area contributed by atoms with Gasteiger partial charge in [0, 0.05) is 19.2 Å². The molecule has 0 radical (unpaired) electrons. The maximum atomic E-state index is 12.1. The lowest BCUT2D eigenvalue weighted by molar-refractivity contribution is 0.155. The van der Waals surface area contributed by atoms with E-state index in [2.05, 4.69) is 12.2 Å². The van der Waals surface area contributed by atoms with Gasteiger partial charge in [0.1, 0.15) is 0 Å². The van der Waals surface area contributed by atoms with Crippen molar-refractivity contribution in [1.82, 2.24) is 5.32 Å². The van der Waals surface area contributed by atoms with Crippen LogP contribution >= 0.6 is 0 Å². The molecule has 0 aromatic heterocycles. The largest absolute Gasteiger partial charge is 0.383 e. The molecular weight excluding hydrogens is 274 g/mol. The topological polar surface area (TPSA) is 55.4 Å². The molecule has 0 saturated carbocycles. The number of ether oxygens (including phenoxy) is 1. The average molecular weight is 297 g/mol. The molecule has 0 bridgehead atoms. The van der Waals surface area contributed by atoms with E-state index in [1.54, 1.807) is 19.2 Å². The zero-order valence-electron chi connectivity index (χ0n) is 12.1. The summed E-state index contributed by atoms with van der Waals surface area (Å²) >= 11 is 0. The second-order valence-corrected chi connectivity index (χ2v) is 7.38. The van der Waals surface area contributed by atoms with Crippen molar-refractivity contribution in [3.8, 4) is 0 Å². The minimum Gasteiger partial charge on any atom is -0.383 e. The monoisotopic (exact) mass is 297 g/mol. The van der Waals surface area contributed by atoms with Crippen molar-refractivity contribution in [1.29, 1.82) is 0 Å². The van der Waals surface area contributed by atoms with E-state index in [0.29, 0.717) is 17.9 Å². The molecule has 1 aliphatic rings. The molecule has 0 fully saturated rings. The van der Waals surface area contributed by atoms with Gasteiger partial charge in [0.05, 0.1) is 17.3 Å². The minimum absolute atomic E-state index is 0.0985. The first-order chi connectivity index (χ1) is 9.58. The SMILES string of the molecule is CCCC(COC)NC1CCS(=O)(=O)c2ccccc21. The first-order valence-electron chi connectivity index (χ1n) is 7.15. The highest BCUT2D eigenvalue weighted by Gasteiger charge is 2.30. The molecule has 2 rings (SSSR count). The summed E-state index contributed by atoms with van der Waals surface area (Å²) in [7, 11) is -1.41. The van der Waals surface area contributed by atoms with E-state index in [-0.39, 0.29) is 17.8 Å². The van der Waals surface area contributed by atoms with Crippen LogP contribution in [0.2, 0.25) is 0 Å². The van der Waals surface area contributed by atoms with E-state index in [1.165, 1.54) is 0 Å². The third-order valence-electron chi connectivity index (χ3n) is 3.75. The van der Waals surface area contributed by atoms with Crippen molar-refractivity contribution in [3.05, 3.63) is 29.8 Å². The third kappa shape index (κ3) is 3.40.